The maximum Gasteiger partial charge on any atom is 0.228 e. The minimum absolute atomic E-state index is 0.436. The smallest absolute Gasteiger partial charge is 0.228 e. The van der Waals surface area contributed by atoms with Crippen molar-refractivity contribution in [2.24, 2.45) is 5.92 Å². The van der Waals surface area contributed by atoms with Gasteiger partial charge in [0.15, 0.2) is 0 Å². The molecule has 2 aromatic heterocycles. The Morgan fingerprint density at radius 2 is 2.32 bits per heavy atom. The predicted molar refractivity (Wildman–Crippen MR) is 73.9 cm³/mol. The molecule has 0 aromatic carbocycles. The van der Waals surface area contributed by atoms with Crippen LogP contribution < -0.4 is 5.32 Å². The summed E-state index contributed by atoms with van der Waals surface area (Å²) >= 11 is 1.54. The van der Waals surface area contributed by atoms with Crippen LogP contribution in [0.1, 0.15) is 31.6 Å². The zero-order valence-electron chi connectivity index (χ0n) is 11.0. The Kier molecular flexibility index (Phi) is 3.89. The lowest BCUT2D eigenvalue weighted by Gasteiger charge is -2.20. The molecule has 0 amide bonds. The number of thiazole rings is 1. The molecule has 1 atom stereocenters. The van der Waals surface area contributed by atoms with Crippen molar-refractivity contribution in [2.45, 2.75) is 38.1 Å². The first kappa shape index (κ1) is 12.7. The van der Waals surface area contributed by atoms with E-state index in [1.165, 1.54) is 37.0 Å². The summed E-state index contributed by atoms with van der Waals surface area (Å²) in [7, 11) is 2.01. The van der Waals surface area contributed by atoms with E-state index in [4.69, 9.17) is 4.52 Å². The maximum atomic E-state index is 5.34. The molecule has 1 aliphatic carbocycles. The first-order valence-corrected chi connectivity index (χ1v) is 7.69. The quantitative estimate of drug-likeness (QED) is 0.910. The van der Waals surface area contributed by atoms with Gasteiger partial charge in [-0.05, 0) is 25.8 Å². The Labute approximate surface area is 116 Å². The van der Waals surface area contributed by atoms with Crippen LogP contribution in [0.25, 0.3) is 11.5 Å². The summed E-state index contributed by atoms with van der Waals surface area (Å²) in [6.07, 6.45) is 6.10. The van der Waals surface area contributed by atoms with Gasteiger partial charge in [-0.2, -0.15) is 4.98 Å². The molecule has 2 aromatic rings. The number of aromatic nitrogens is 3. The molecule has 0 radical (unpaired) electrons. The van der Waals surface area contributed by atoms with E-state index in [1.54, 1.807) is 5.51 Å². The van der Waals surface area contributed by atoms with Crippen molar-refractivity contribution in [3.8, 4) is 11.5 Å². The van der Waals surface area contributed by atoms with Gasteiger partial charge >= 0.3 is 0 Å². The normalized spacial score (nSPS) is 17.9. The van der Waals surface area contributed by atoms with Gasteiger partial charge in [-0.1, -0.05) is 18.0 Å². The van der Waals surface area contributed by atoms with Crippen molar-refractivity contribution >= 4 is 11.3 Å². The number of nitrogens with zero attached hydrogens (tertiary/aromatic N) is 3. The van der Waals surface area contributed by atoms with Crippen LogP contribution in [0, 0.1) is 5.92 Å². The first-order chi connectivity index (χ1) is 9.36. The summed E-state index contributed by atoms with van der Waals surface area (Å²) in [4.78, 5) is 8.63. The summed E-state index contributed by atoms with van der Waals surface area (Å²) in [5.41, 5.74) is 2.57. The molecule has 2 heterocycles. The van der Waals surface area contributed by atoms with Crippen molar-refractivity contribution in [3.05, 3.63) is 16.8 Å². The summed E-state index contributed by atoms with van der Waals surface area (Å²) in [6.45, 7) is 0. The number of likely N-dealkylation sites (N-methyl/N-ethyl adjacent to an activating group) is 1. The van der Waals surface area contributed by atoms with E-state index in [0.29, 0.717) is 17.8 Å². The predicted octanol–water partition coefficient (Wildman–Crippen LogP) is 2.51. The molecular formula is C13H18N4OS. The number of rotatable bonds is 5. The molecular weight excluding hydrogens is 260 g/mol. The van der Waals surface area contributed by atoms with E-state index < -0.39 is 0 Å². The second kappa shape index (κ2) is 5.79. The Morgan fingerprint density at radius 1 is 1.47 bits per heavy atom. The summed E-state index contributed by atoms with van der Waals surface area (Å²) in [5, 5.41) is 9.33. The molecule has 1 N–H and O–H groups in total. The highest BCUT2D eigenvalue weighted by Crippen LogP contribution is 2.29. The Hall–Kier alpha value is -1.27. The summed E-state index contributed by atoms with van der Waals surface area (Å²) < 4.78 is 5.34. The average molecular weight is 278 g/mol. The largest absolute Gasteiger partial charge is 0.339 e. The first-order valence-electron chi connectivity index (χ1n) is 6.75. The van der Waals surface area contributed by atoms with Gasteiger partial charge in [0, 0.05) is 17.8 Å². The van der Waals surface area contributed by atoms with Crippen LogP contribution in [-0.2, 0) is 6.42 Å². The molecule has 19 heavy (non-hydrogen) atoms. The lowest BCUT2D eigenvalue weighted by Crippen LogP contribution is -2.34. The van der Waals surface area contributed by atoms with E-state index in [0.717, 1.165) is 18.0 Å². The zero-order valence-corrected chi connectivity index (χ0v) is 11.8. The molecule has 102 valence electrons. The molecule has 5 nitrogen and oxygen atoms in total. The molecule has 0 aliphatic heterocycles. The lowest BCUT2D eigenvalue weighted by molar-refractivity contribution is 0.318. The summed E-state index contributed by atoms with van der Waals surface area (Å²) in [5.74, 6) is 2.03. The Bertz CT molecular complexity index is 504. The van der Waals surface area contributed by atoms with Crippen molar-refractivity contribution < 1.29 is 4.52 Å². The zero-order chi connectivity index (χ0) is 13.1. The minimum atomic E-state index is 0.436. The lowest BCUT2D eigenvalue weighted by atomic mass is 9.95. The van der Waals surface area contributed by atoms with Crippen LogP contribution >= 0.6 is 11.3 Å². The second-order valence-corrected chi connectivity index (χ2v) is 5.75. The number of hydrogen-bond acceptors (Lipinski definition) is 6. The van der Waals surface area contributed by atoms with Crippen molar-refractivity contribution in [2.75, 3.05) is 7.05 Å². The van der Waals surface area contributed by atoms with Gasteiger partial charge in [-0.25, -0.2) is 4.98 Å². The minimum Gasteiger partial charge on any atom is -0.339 e. The average Bonchev–Trinajstić information content (AvgIpc) is 3.15. The van der Waals surface area contributed by atoms with Gasteiger partial charge in [-0.3, -0.25) is 0 Å². The summed E-state index contributed by atoms with van der Waals surface area (Å²) in [6, 6.07) is 0.436. The topological polar surface area (TPSA) is 63.8 Å². The van der Waals surface area contributed by atoms with Gasteiger partial charge in [0.05, 0.1) is 5.51 Å². The van der Waals surface area contributed by atoms with Crippen molar-refractivity contribution in [1.29, 1.82) is 0 Å². The fraction of sp³-hybridized carbons (Fsp3) is 0.615. The van der Waals surface area contributed by atoms with Crippen molar-refractivity contribution in [1.82, 2.24) is 20.4 Å². The van der Waals surface area contributed by atoms with Gasteiger partial charge in [-0.15, -0.1) is 11.3 Å². The molecule has 1 saturated carbocycles. The third-order valence-corrected chi connectivity index (χ3v) is 4.45. The van der Waals surface area contributed by atoms with Gasteiger partial charge in [0.25, 0.3) is 0 Å². The van der Waals surface area contributed by atoms with E-state index in [1.807, 2.05) is 12.4 Å². The van der Waals surface area contributed by atoms with Crippen LogP contribution in [0.3, 0.4) is 0 Å². The fourth-order valence-corrected chi connectivity index (χ4v) is 3.35. The van der Waals surface area contributed by atoms with E-state index in [2.05, 4.69) is 20.4 Å². The monoisotopic (exact) mass is 278 g/mol. The highest BCUT2D eigenvalue weighted by atomic mass is 32.1. The SMILES string of the molecule is CNC(Cc1nc(-c2cscn2)no1)C1CCCC1. The molecule has 0 saturated heterocycles. The van der Waals surface area contributed by atoms with Gasteiger partial charge in [0.1, 0.15) is 5.69 Å². The van der Waals surface area contributed by atoms with E-state index in [-0.39, 0.29) is 0 Å². The highest BCUT2D eigenvalue weighted by molar-refractivity contribution is 7.07. The van der Waals surface area contributed by atoms with Gasteiger partial charge < -0.3 is 9.84 Å². The maximum absolute atomic E-state index is 5.34. The molecule has 3 rings (SSSR count). The Morgan fingerprint density at radius 3 is 3.00 bits per heavy atom. The van der Waals surface area contributed by atoms with Crippen LogP contribution in [0.5, 0.6) is 0 Å². The molecule has 1 aliphatic rings. The standard InChI is InChI=1S/C13H18N4OS/c1-14-10(9-4-2-3-5-9)6-12-16-13(17-18-12)11-7-19-8-15-11/h7-10,14H,2-6H2,1H3. The number of hydrogen-bond donors (Lipinski definition) is 1. The van der Waals surface area contributed by atoms with Crippen molar-refractivity contribution in [3.63, 3.8) is 0 Å². The van der Waals surface area contributed by atoms with E-state index >= 15 is 0 Å². The molecule has 1 unspecified atom stereocenters. The molecule has 1 fully saturated rings. The molecule has 0 bridgehead atoms. The third-order valence-electron chi connectivity index (χ3n) is 3.86. The van der Waals surface area contributed by atoms with Crippen LogP contribution in [-0.4, -0.2) is 28.2 Å². The number of nitrogens with one attached hydrogen (secondary N) is 1. The van der Waals surface area contributed by atoms with Crippen LogP contribution in [0.15, 0.2) is 15.4 Å². The van der Waals surface area contributed by atoms with Crippen LogP contribution in [0.2, 0.25) is 0 Å². The second-order valence-electron chi connectivity index (χ2n) is 5.03. The van der Waals surface area contributed by atoms with E-state index in [9.17, 15) is 0 Å². The van der Waals surface area contributed by atoms with Gasteiger partial charge in [0.2, 0.25) is 11.7 Å². The van der Waals surface area contributed by atoms with Crippen LogP contribution in [0.4, 0.5) is 0 Å². The molecule has 0 spiro atoms. The highest BCUT2D eigenvalue weighted by Gasteiger charge is 2.25. The fourth-order valence-electron chi connectivity index (χ4n) is 2.82. The Balaban J connectivity index is 1.68. The molecule has 6 heteroatoms. The third kappa shape index (κ3) is 2.84.